The van der Waals surface area contributed by atoms with Gasteiger partial charge in [-0.05, 0) is 6.07 Å². The molecule has 0 radical (unpaired) electrons. The Morgan fingerprint density at radius 3 is 2.38 bits per heavy atom. The molecule has 2 aromatic heterocycles. The fourth-order valence-electron chi connectivity index (χ4n) is 3.16. The van der Waals surface area contributed by atoms with Crippen molar-refractivity contribution in [1.29, 1.82) is 0 Å². The van der Waals surface area contributed by atoms with Crippen LogP contribution in [0.5, 0.6) is 0 Å². The molecule has 3 heterocycles. The highest BCUT2D eigenvalue weighted by atomic mass is 32.1. The summed E-state index contributed by atoms with van der Waals surface area (Å²) >= 11 is 1.59. The second-order valence-corrected chi connectivity index (χ2v) is 9.28. The normalized spacial score (nSPS) is 17.7. The summed E-state index contributed by atoms with van der Waals surface area (Å²) in [5.74, 6) is -0.468. The van der Waals surface area contributed by atoms with Crippen LogP contribution >= 0.6 is 11.3 Å². The van der Waals surface area contributed by atoms with Gasteiger partial charge in [-0.15, -0.1) is 10.2 Å². The molecule has 8 heteroatoms. The van der Waals surface area contributed by atoms with Gasteiger partial charge in [0.2, 0.25) is 5.13 Å². The van der Waals surface area contributed by atoms with Gasteiger partial charge in [0, 0.05) is 43.5 Å². The number of carboxylic acids is 1. The summed E-state index contributed by atoms with van der Waals surface area (Å²) in [4.78, 5) is 14.3. The van der Waals surface area contributed by atoms with E-state index in [4.69, 9.17) is 0 Å². The Balaban J connectivity index is 1.80. The van der Waals surface area contributed by atoms with Gasteiger partial charge in [0.25, 0.3) is 0 Å². The molecule has 1 fully saturated rings. The van der Waals surface area contributed by atoms with Gasteiger partial charge in [-0.2, -0.15) is 5.10 Å². The minimum Gasteiger partial charge on any atom is -0.479 e. The second kappa shape index (κ2) is 6.64. The van der Waals surface area contributed by atoms with Gasteiger partial charge in [-0.1, -0.05) is 46.0 Å². The summed E-state index contributed by atoms with van der Waals surface area (Å²) in [6.45, 7) is 11.7. The van der Waals surface area contributed by atoms with E-state index < -0.39 is 11.5 Å². The summed E-state index contributed by atoms with van der Waals surface area (Å²) in [6.07, 6.45) is 2.79. The highest BCUT2D eigenvalue weighted by molar-refractivity contribution is 7.15. The molecule has 0 aromatic carbocycles. The average molecular weight is 378 g/mol. The van der Waals surface area contributed by atoms with Crippen molar-refractivity contribution in [1.82, 2.24) is 20.0 Å². The average Bonchev–Trinajstić information content (AvgIpc) is 3.24. The molecule has 26 heavy (non-hydrogen) atoms. The number of aromatic nitrogens is 4. The van der Waals surface area contributed by atoms with Gasteiger partial charge >= 0.3 is 5.97 Å². The van der Waals surface area contributed by atoms with E-state index in [1.165, 1.54) is 0 Å². The van der Waals surface area contributed by atoms with Gasteiger partial charge in [0.05, 0.1) is 5.69 Å². The summed E-state index contributed by atoms with van der Waals surface area (Å²) in [7, 11) is 0. The van der Waals surface area contributed by atoms with E-state index in [-0.39, 0.29) is 5.41 Å². The molecule has 0 bridgehead atoms. The minimum absolute atomic E-state index is 0.106. The zero-order valence-electron chi connectivity index (χ0n) is 16.1. The minimum atomic E-state index is -0.994. The zero-order valence-corrected chi connectivity index (χ0v) is 16.9. The maximum Gasteiger partial charge on any atom is 0.331 e. The first kappa shape index (κ1) is 18.8. The van der Waals surface area contributed by atoms with Crippen LogP contribution in [0.4, 0.5) is 5.13 Å². The van der Waals surface area contributed by atoms with Crippen LogP contribution < -0.4 is 4.90 Å². The largest absolute Gasteiger partial charge is 0.479 e. The van der Waals surface area contributed by atoms with Crippen LogP contribution in [0.25, 0.3) is 0 Å². The van der Waals surface area contributed by atoms with E-state index in [0.717, 1.165) is 15.8 Å². The summed E-state index contributed by atoms with van der Waals surface area (Å²) in [5, 5.41) is 25.0. The number of hydrogen-bond donors (Lipinski definition) is 1. The van der Waals surface area contributed by atoms with E-state index in [1.54, 1.807) is 16.0 Å². The molecule has 1 aliphatic heterocycles. The SMILES string of the molecule is CC(C)c1nnc(N2CCC(C(=O)O)(n3ccc(C(C)(C)C)n3)CC2)s1. The van der Waals surface area contributed by atoms with Crippen LogP contribution in [-0.4, -0.2) is 44.1 Å². The lowest BCUT2D eigenvalue weighted by atomic mass is 9.88. The van der Waals surface area contributed by atoms with Crippen LogP contribution in [0.15, 0.2) is 12.3 Å². The third-order valence-electron chi connectivity index (χ3n) is 4.98. The second-order valence-electron chi connectivity index (χ2n) is 8.30. The molecular weight excluding hydrogens is 350 g/mol. The Labute approximate surface area is 158 Å². The third-order valence-corrected chi connectivity index (χ3v) is 6.26. The van der Waals surface area contributed by atoms with Gasteiger partial charge in [0.15, 0.2) is 5.54 Å². The number of nitrogens with zero attached hydrogens (tertiary/aromatic N) is 5. The maximum absolute atomic E-state index is 12.2. The van der Waals surface area contributed by atoms with Crippen molar-refractivity contribution in [3.63, 3.8) is 0 Å². The van der Waals surface area contributed by atoms with Crippen molar-refractivity contribution in [2.24, 2.45) is 0 Å². The predicted octanol–water partition coefficient (Wildman–Crippen LogP) is 3.24. The molecule has 1 saturated heterocycles. The number of hydrogen-bond acceptors (Lipinski definition) is 6. The number of anilines is 1. The standard InChI is InChI=1S/C18H27N5O2S/c1-12(2)14-19-20-16(26-14)22-10-7-18(8-11-22,15(24)25)23-9-6-13(21-23)17(3,4)5/h6,9,12H,7-8,10-11H2,1-5H3,(H,24,25). The summed E-state index contributed by atoms with van der Waals surface area (Å²) < 4.78 is 1.66. The highest BCUT2D eigenvalue weighted by Gasteiger charge is 2.45. The molecule has 1 N–H and O–H groups in total. The first-order valence-electron chi connectivity index (χ1n) is 9.02. The van der Waals surface area contributed by atoms with Crippen molar-refractivity contribution in [2.75, 3.05) is 18.0 Å². The molecule has 1 aliphatic rings. The fraction of sp³-hybridized carbons (Fsp3) is 0.667. The molecule has 2 aromatic rings. The Bertz CT molecular complexity index is 782. The molecular formula is C18H27N5O2S. The number of carboxylic acid groups (broad SMARTS) is 1. The van der Waals surface area contributed by atoms with Crippen LogP contribution in [0.3, 0.4) is 0 Å². The number of piperidine rings is 1. The first-order valence-corrected chi connectivity index (χ1v) is 9.83. The molecule has 142 valence electrons. The summed E-state index contributed by atoms with van der Waals surface area (Å²) in [5.41, 5.74) is -0.192. The third kappa shape index (κ3) is 3.34. The van der Waals surface area contributed by atoms with Gasteiger partial charge in [0.1, 0.15) is 5.01 Å². The zero-order chi connectivity index (χ0) is 19.1. The smallest absolute Gasteiger partial charge is 0.331 e. The molecule has 0 saturated carbocycles. The van der Waals surface area contributed by atoms with Crippen molar-refractivity contribution in [3.8, 4) is 0 Å². The first-order chi connectivity index (χ1) is 12.1. The van der Waals surface area contributed by atoms with Crippen molar-refractivity contribution >= 4 is 22.4 Å². The molecule has 3 rings (SSSR count). The quantitative estimate of drug-likeness (QED) is 0.880. The number of carbonyl (C=O) groups is 1. The van der Waals surface area contributed by atoms with E-state index >= 15 is 0 Å². The maximum atomic E-state index is 12.2. The van der Waals surface area contributed by atoms with Crippen LogP contribution in [-0.2, 0) is 15.7 Å². The number of rotatable bonds is 4. The van der Waals surface area contributed by atoms with E-state index in [0.29, 0.717) is 31.8 Å². The molecule has 7 nitrogen and oxygen atoms in total. The van der Waals surface area contributed by atoms with E-state index in [2.05, 4.69) is 54.8 Å². The Hall–Kier alpha value is -1.96. The van der Waals surface area contributed by atoms with Crippen molar-refractivity contribution in [2.45, 2.75) is 64.3 Å². The molecule has 0 atom stereocenters. The van der Waals surface area contributed by atoms with Gasteiger partial charge < -0.3 is 10.0 Å². The lowest BCUT2D eigenvalue weighted by molar-refractivity contribution is -0.149. The number of aliphatic carboxylic acids is 1. The Morgan fingerprint density at radius 2 is 1.92 bits per heavy atom. The lowest BCUT2D eigenvalue weighted by Gasteiger charge is -2.38. The Kier molecular flexibility index (Phi) is 4.81. The monoisotopic (exact) mass is 377 g/mol. The molecule has 0 amide bonds. The molecule has 0 spiro atoms. The van der Waals surface area contributed by atoms with Crippen molar-refractivity contribution < 1.29 is 9.90 Å². The predicted molar refractivity (Wildman–Crippen MR) is 102 cm³/mol. The fourth-order valence-corrected chi connectivity index (χ4v) is 4.06. The van der Waals surface area contributed by atoms with E-state index in [1.807, 2.05) is 12.3 Å². The van der Waals surface area contributed by atoms with Crippen LogP contribution in [0.1, 0.15) is 64.1 Å². The topological polar surface area (TPSA) is 84.1 Å². The van der Waals surface area contributed by atoms with Gasteiger partial charge in [-0.25, -0.2) is 4.79 Å². The molecule has 0 aliphatic carbocycles. The van der Waals surface area contributed by atoms with E-state index in [9.17, 15) is 9.90 Å². The summed E-state index contributed by atoms with van der Waals surface area (Å²) in [6, 6.07) is 1.93. The Morgan fingerprint density at radius 1 is 1.27 bits per heavy atom. The van der Waals surface area contributed by atoms with Crippen LogP contribution in [0.2, 0.25) is 0 Å². The van der Waals surface area contributed by atoms with Crippen molar-refractivity contribution in [3.05, 3.63) is 23.0 Å². The highest BCUT2D eigenvalue weighted by Crippen LogP contribution is 2.35. The lowest BCUT2D eigenvalue weighted by Crippen LogP contribution is -2.51. The molecule has 0 unspecified atom stereocenters. The van der Waals surface area contributed by atoms with Crippen LogP contribution in [0, 0.1) is 0 Å². The van der Waals surface area contributed by atoms with Gasteiger partial charge in [-0.3, -0.25) is 4.68 Å².